The lowest BCUT2D eigenvalue weighted by Gasteiger charge is -2.10. The normalized spacial score (nSPS) is 10.7. The van der Waals surface area contributed by atoms with Gasteiger partial charge in [0.05, 0.1) is 17.2 Å². The molecule has 0 fully saturated rings. The Kier molecular flexibility index (Phi) is 3.89. The Morgan fingerprint density at radius 1 is 1.26 bits per heavy atom. The molecule has 0 bridgehead atoms. The number of halogens is 1. The molecule has 5 nitrogen and oxygen atoms in total. The average molecular weight is 311 g/mol. The number of amides is 1. The fourth-order valence-electron chi connectivity index (χ4n) is 2.29. The number of aryl methyl sites for hydroxylation is 1. The van der Waals surface area contributed by atoms with Crippen LogP contribution in [-0.4, -0.2) is 15.5 Å². The predicted octanol–water partition coefficient (Wildman–Crippen LogP) is 2.48. The average Bonchev–Trinajstić information content (AvgIpc) is 2.54. The third-order valence-corrected chi connectivity index (χ3v) is 3.52. The molecule has 0 unspecified atom stereocenters. The SMILES string of the molecule is Cc1ccc(F)cc1NC(=O)Cn1cnc2ccccc2c1=O. The van der Waals surface area contributed by atoms with E-state index in [2.05, 4.69) is 10.3 Å². The molecule has 23 heavy (non-hydrogen) atoms. The van der Waals surface area contributed by atoms with Crippen molar-refractivity contribution in [2.45, 2.75) is 13.5 Å². The van der Waals surface area contributed by atoms with Gasteiger partial charge in [0.1, 0.15) is 12.4 Å². The number of carbonyl (C=O) groups is 1. The first-order chi connectivity index (χ1) is 11.0. The number of benzene rings is 2. The summed E-state index contributed by atoms with van der Waals surface area (Å²) < 4.78 is 14.5. The van der Waals surface area contributed by atoms with Crippen molar-refractivity contribution in [3.05, 3.63) is 70.5 Å². The molecule has 3 rings (SSSR count). The molecule has 0 saturated heterocycles. The molecule has 0 saturated carbocycles. The first-order valence-electron chi connectivity index (χ1n) is 7.05. The van der Waals surface area contributed by atoms with Crippen LogP contribution >= 0.6 is 0 Å². The van der Waals surface area contributed by atoms with Crippen molar-refractivity contribution in [2.75, 3.05) is 5.32 Å². The standard InChI is InChI=1S/C17H14FN3O2/c1-11-6-7-12(18)8-15(11)20-16(22)9-21-10-19-14-5-3-2-4-13(14)17(21)23/h2-8,10H,9H2,1H3,(H,20,22). The van der Waals surface area contributed by atoms with E-state index >= 15 is 0 Å². The number of hydrogen-bond acceptors (Lipinski definition) is 3. The van der Waals surface area contributed by atoms with Gasteiger partial charge in [-0.05, 0) is 36.8 Å². The summed E-state index contributed by atoms with van der Waals surface area (Å²) in [5.41, 5.74) is 1.41. The first-order valence-corrected chi connectivity index (χ1v) is 7.05. The molecule has 0 spiro atoms. The van der Waals surface area contributed by atoms with Gasteiger partial charge in [-0.1, -0.05) is 18.2 Å². The zero-order valence-corrected chi connectivity index (χ0v) is 12.4. The quantitative estimate of drug-likeness (QED) is 0.808. The number of hydrogen-bond donors (Lipinski definition) is 1. The molecule has 0 atom stereocenters. The van der Waals surface area contributed by atoms with Crippen molar-refractivity contribution in [1.29, 1.82) is 0 Å². The summed E-state index contributed by atoms with van der Waals surface area (Å²) in [4.78, 5) is 28.6. The minimum atomic E-state index is -0.435. The molecule has 1 amide bonds. The van der Waals surface area contributed by atoms with Gasteiger partial charge in [0, 0.05) is 5.69 Å². The van der Waals surface area contributed by atoms with Crippen molar-refractivity contribution in [1.82, 2.24) is 9.55 Å². The van der Waals surface area contributed by atoms with Gasteiger partial charge in [-0.2, -0.15) is 0 Å². The Labute approximate surface area is 131 Å². The predicted molar refractivity (Wildman–Crippen MR) is 85.8 cm³/mol. The molecule has 0 aliphatic rings. The largest absolute Gasteiger partial charge is 0.324 e. The number of nitrogens with zero attached hydrogens (tertiary/aromatic N) is 2. The van der Waals surface area contributed by atoms with E-state index in [9.17, 15) is 14.0 Å². The monoisotopic (exact) mass is 311 g/mol. The summed E-state index contributed by atoms with van der Waals surface area (Å²) in [6, 6.07) is 11.1. The lowest BCUT2D eigenvalue weighted by molar-refractivity contribution is -0.116. The molecule has 2 aromatic carbocycles. The van der Waals surface area contributed by atoms with E-state index in [0.29, 0.717) is 16.6 Å². The second-order valence-corrected chi connectivity index (χ2v) is 5.20. The van der Waals surface area contributed by atoms with E-state index in [-0.39, 0.29) is 12.1 Å². The second kappa shape index (κ2) is 6.00. The highest BCUT2D eigenvalue weighted by molar-refractivity contribution is 5.91. The Bertz CT molecular complexity index is 950. The smallest absolute Gasteiger partial charge is 0.261 e. The van der Waals surface area contributed by atoms with E-state index < -0.39 is 11.7 Å². The van der Waals surface area contributed by atoms with Crippen LogP contribution in [0.25, 0.3) is 10.9 Å². The van der Waals surface area contributed by atoms with Crippen LogP contribution in [0.15, 0.2) is 53.6 Å². The molecule has 1 heterocycles. The van der Waals surface area contributed by atoms with E-state index in [4.69, 9.17) is 0 Å². The van der Waals surface area contributed by atoms with Gasteiger partial charge in [-0.15, -0.1) is 0 Å². The van der Waals surface area contributed by atoms with Gasteiger partial charge < -0.3 is 5.32 Å². The molecule has 1 N–H and O–H groups in total. The molecule has 1 aromatic heterocycles. The van der Waals surface area contributed by atoms with Gasteiger partial charge in [-0.25, -0.2) is 9.37 Å². The topological polar surface area (TPSA) is 64.0 Å². The molecule has 6 heteroatoms. The van der Waals surface area contributed by atoms with Gasteiger partial charge in [0.25, 0.3) is 5.56 Å². The first kappa shape index (κ1) is 14.9. The fraction of sp³-hybridized carbons (Fsp3) is 0.118. The van der Waals surface area contributed by atoms with Crippen LogP contribution in [0.1, 0.15) is 5.56 Å². The highest BCUT2D eigenvalue weighted by Crippen LogP contribution is 2.15. The maximum atomic E-state index is 13.2. The Morgan fingerprint density at radius 2 is 2.04 bits per heavy atom. The summed E-state index contributed by atoms with van der Waals surface area (Å²) in [7, 11) is 0. The van der Waals surface area contributed by atoms with Crippen LogP contribution in [0.3, 0.4) is 0 Å². The number of fused-ring (bicyclic) bond motifs is 1. The highest BCUT2D eigenvalue weighted by Gasteiger charge is 2.09. The molecular formula is C17H14FN3O2. The molecule has 3 aromatic rings. The summed E-state index contributed by atoms with van der Waals surface area (Å²) in [6.07, 6.45) is 1.34. The van der Waals surface area contributed by atoms with E-state index in [1.165, 1.54) is 23.0 Å². The number of carbonyl (C=O) groups excluding carboxylic acids is 1. The van der Waals surface area contributed by atoms with Crippen molar-refractivity contribution < 1.29 is 9.18 Å². The number of rotatable bonds is 3. The molecule has 0 aliphatic carbocycles. The summed E-state index contributed by atoms with van der Waals surface area (Å²) >= 11 is 0. The minimum absolute atomic E-state index is 0.188. The van der Waals surface area contributed by atoms with Crippen LogP contribution in [0.5, 0.6) is 0 Å². The van der Waals surface area contributed by atoms with Gasteiger partial charge in [0.15, 0.2) is 0 Å². The zero-order valence-electron chi connectivity index (χ0n) is 12.4. The molecular weight excluding hydrogens is 297 g/mol. The van der Waals surface area contributed by atoms with Crippen LogP contribution in [0.4, 0.5) is 10.1 Å². The lowest BCUT2D eigenvalue weighted by Crippen LogP contribution is -2.28. The second-order valence-electron chi connectivity index (χ2n) is 5.20. The van der Waals surface area contributed by atoms with Crippen LogP contribution in [0.2, 0.25) is 0 Å². The number of aromatic nitrogens is 2. The van der Waals surface area contributed by atoms with E-state index in [0.717, 1.165) is 5.56 Å². The number of anilines is 1. The van der Waals surface area contributed by atoms with Crippen molar-refractivity contribution >= 4 is 22.5 Å². The van der Waals surface area contributed by atoms with Gasteiger partial charge in [0.2, 0.25) is 5.91 Å². The number of nitrogens with one attached hydrogen (secondary N) is 1. The van der Waals surface area contributed by atoms with Crippen LogP contribution in [-0.2, 0) is 11.3 Å². The van der Waals surface area contributed by atoms with Crippen LogP contribution < -0.4 is 10.9 Å². The fourth-order valence-corrected chi connectivity index (χ4v) is 2.29. The maximum Gasteiger partial charge on any atom is 0.261 e. The van der Waals surface area contributed by atoms with Crippen LogP contribution in [0, 0.1) is 12.7 Å². The highest BCUT2D eigenvalue weighted by atomic mass is 19.1. The summed E-state index contributed by atoms with van der Waals surface area (Å²) in [5.74, 6) is -0.853. The Balaban J connectivity index is 1.84. The van der Waals surface area contributed by atoms with Crippen molar-refractivity contribution in [2.24, 2.45) is 0 Å². The molecule has 0 aliphatic heterocycles. The molecule has 116 valence electrons. The van der Waals surface area contributed by atoms with Gasteiger partial charge in [-0.3, -0.25) is 14.2 Å². The zero-order chi connectivity index (χ0) is 16.4. The number of para-hydroxylation sites is 1. The minimum Gasteiger partial charge on any atom is -0.324 e. The Morgan fingerprint density at radius 3 is 2.87 bits per heavy atom. The summed E-state index contributed by atoms with van der Waals surface area (Å²) in [5, 5.41) is 3.06. The molecule has 0 radical (unpaired) electrons. The maximum absolute atomic E-state index is 13.2. The summed E-state index contributed by atoms with van der Waals surface area (Å²) in [6.45, 7) is 1.57. The van der Waals surface area contributed by atoms with E-state index in [1.807, 2.05) is 0 Å². The van der Waals surface area contributed by atoms with Crippen molar-refractivity contribution in [3.63, 3.8) is 0 Å². The van der Waals surface area contributed by atoms with E-state index in [1.54, 1.807) is 37.3 Å². The van der Waals surface area contributed by atoms with Gasteiger partial charge >= 0.3 is 0 Å². The Hall–Kier alpha value is -3.02. The third-order valence-electron chi connectivity index (χ3n) is 3.52. The van der Waals surface area contributed by atoms with Crippen molar-refractivity contribution in [3.8, 4) is 0 Å². The lowest BCUT2D eigenvalue weighted by atomic mass is 10.2. The third kappa shape index (κ3) is 3.11.